The molecule has 0 rings (SSSR count). The smallest absolute Gasteiger partial charge is 0.326 e. The molecule has 4 unspecified atom stereocenters. The molecule has 0 aromatic carbocycles. The maximum absolute atomic E-state index is 12.4. The van der Waals surface area contributed by atoms with Crippen LogP contribution in [0.4, 0.5) is 0 Å². The van der Waals surface area contributed by atoms with Gasteiger partial charge in [0.15, 0.2) is 0 Å². The van der Waals surface area contributed by atoms with Crippen LogP contribution in [0.3, 0.4) is 0 Å². The van der Waals surface area contributed by atoms with E-state index in [4.69, 9.17) is 21.7 Å². The molecular weight excluding hydrogens is 402 g/mol. The van der Waals surface area contributed by atoms with E-state index in [2.05, 4.69) is 16.0 Å². The van der Waals surface area contributed by atoms with Gasteiger partial charge in [0.2, 0.25) is 23.6 Å². The summed E-state index contributed by atoms with van der Waals surface area (Å²) < 4.78 is 0. The first-order valence-corrected chi connectivity index (χ1v) is 9.15. The minimum absolute atomic E-state index is 0.104. The predicted octanol–water partition coefficient (Wildman–Crippen LogP) is -2.73. The standard InChI is InChI=1S/C17H29N5O8/c1-7(2)13(17(29)30)22-14(26)8(3)20-16(28)10(6-12(24)25)21-15(27)9(18)4-5-11(19)23/h7-10,13H,4-6,18H2,1-3H3,(H2,19,23)(H,20,28)(H,21,27)(H,22,26)(H,24,25)(H,29,30). The number of carboxylic acids is 2. The highest BCUT2D eigenvalue weighted by atomic mass is 16.4. The number of carbonyl (C=O) groups excluding carboxylic acids is 4. The highest BCUT2D eigenvalue weighted by Gasteiger charge is 2.30. The molecule has 4 amide bonds. The highest BCUT2D eigenvalue weighted by Crippen LogP contribution is 2.03. The summed E-state index contributed by atoms with van der Waals surface area (Å²) >= 11 is 0. The Labute approximate surface area is 172 Å². The molecule has 0 aromatic rings. The first-order chi connectivity index (χ1) is 13.8. The SMILES string of the molecule is CC(NC(=O)C(CC(=O)O)NC(=O)C(N)CCC(N)=O)C(=O)NC(C(=O)O)C(C)C. The normalized spacial score (nSPS) is 14.7. The molecule has 0 aliphatic carbocycles. The van der Waals surface area contributed by atoms with E-state index < -0.39 is 72.1 Å². The van der Waals surface area contributed by atoms with Gasteiger partial charge in [-0.3, -0.25) is 24.0 Å². The fraction of sp³-hybridized carbons (Fsp3) is 0.647. The number of nitrogens with one attached hydrogen (secondary N) is 3. The molecule has 9 N–H and O–H groups in total. The maximum Gasteiger partial charge on any atom is 0.326 e. The molecule has 0 heterocycles. The van der Waals surface area contributed by atoms with E-state index in [-0.39, 0.29) is 12.8 Å². The Balaban J connectivity index is 5.07. The van der Waals surface area contributed by atoms with Gasteiger partial charge < -0.3 is 37.6 Å². The molecule has 0 aromatic heterocycles. The average molecular weight is 431 g/mol. The zero-order chi connectivity index (χ0) is 23.6. The Morgan fingerprint density at radius 2 is 1.43 bits per heavy atom. The van der Waals surface area contributed by atoms with Gasteiger partial charge >= 0.3 is 11.9 Å². The van der Waals surface area contributed by atoms with Crippen molar-refractivity contribution in [2.24, 2.45) is 17.4 Å². The van der Waals surface area contributed by atoms with E-state index in [9.17, 15) is 28.8 Å². The van der Waals surface area contributed by atoms with E-state index in [0.717, 1.165) is 0 Å². The Bertz CT molecular complexity index is 681. The monoisotopic (exact) mass is 431 g/mol. The lowest BCUT2D eigenvalue weighted by molar-refractivity contribution is -0.144. The maximum atomic E-state index is 12.4. The van der Waals surface area contributed by atoms with Crippen molar-refractivity contribution in [3.63, 3.8) is 0 Å². The van der Waals surface area contributed by atoms with Gasteiger partial charge in [-0.05, 0) is 19.3 Å². The number of primary amides is 1. The van der Waals surface area contributed by atoms with Crippen LogP contribution >= 0.6 is 0 Å². The Kier molecular flexibility index (Phi) is 11.0. The summed E-state index contributed by atoms with van der Waals surface area (Å²) in [7, 11) is 0. The minimum atomic E-state index is -1.55. The number of carboxylic acid groups (broad SMARTS) is 2. The number of carbonyl (C=O) groups is 6. The summed E-state index contributed by atoms with van der Waals surface area (Å²) in [5.74, 6) is -6.41. The van der Waals surface area contributed by atoms with E-state index in [0.29, 0.717) is 0 Å². The van der Waals surface area contributed by atoms with Gasteiger partial charge in [-0.2, -0.15) is 0 Å². The first kappa shape index (κ1) is 26.8. The van der Waals surface area contributed by atoms with Crippen LogP contribution in [-0.4, -0.2) is 69.9 Å². The van der Waals surface area contributed by atoms with Crippen LogP contribution < -0.4 is 27.4 Å². The second kappa shape index (κ2) is 12.4. The second-order valence-corrected chi connectivity index (χ2v) is 7.07. The third-order valence-corrected chi connectivity index (χ3v) is 4.03. The Morgan fingerprint density at radius 1 is 0.867 bits per heavy atom. The van der Waals surface area contributed by atoms with Crippen LogP contribution in [-0.2, 0) is 28.8 Å². The van der Waals surface area contributed by atoms with Crippen molar-refractivity contribution in [1.29, 1.82) is 0 Å². The molecule has 30 heavy (non-hydrogen) atoms. The quantitative estimate of drug-likeness (QED) is 0.160. The van der Waals surface area contributed by atoms with Gasteiger partial charge in [0.05, 0.1) is 12.5 Å². The van der Waals surface area contributed by atoms with Crippen LogP contribution in [0, 0.1) is 5.92 Å². The van der Waals surface area contributed by atoms with E-state index >= 15 is 0 Å². The zero-order valence-corrected chi connectivity index (χ0v) is 17.0. The third kappa shape index (κ3) is 9.82. The molecule has 13 nitrogen and oxygen atoms in total. The second-order valence-electron chi connectivity index (χ2n) is 7.07. The first-order valence-electron chi connectivity index (χ1n) is 9.15. The number of hydrogen-bond acceptors (Lipinski definition) is 7. The number of aliphatic carboxylic acids is 2. The molecule has 13 heteroatoms. The number of hydrogen-bond donors (Lipinski definition) is 7. The van der Waals surface area contributed by atoms with Crippen molar-refractivity contribution >= 4 is 35.6 Å². The summed E-state index contributed by atoms with van der Waals surface area (Å²) in [6, 6.07) is -5.15. The van der Waals surface area contributed by atoms with E-state index in [1.54, 1.807) is 13.8 Å². The molecule has 0 radical (unpaired) electrons. The van der Waals surface area contributed by atoms with Crippen molar-refractivity contribution < 1.29 is 39.0 Å². The van der Waals surface area contributed by atoms with Crippen molar-refractivity contribution in [1.82, 2.24) is 16.0 Å². The van der Waals surface area contributed by atoms with Gasteiger partial charge in [0.25, 0.3) is 0 Å². The fourth-order valence-corrected chi connectivity index (χ4v) is 2.26. The Morgan fingerprint density at radius 3 is 1.87 bits per heavy atom. The molecule has 4 atom stereocenters. The van der Waals surface area contributed by atoms with Gasteiger partial charge in [-0.25, -0.2) is 4.79 Å². The van der Waals surface area contributed by atoms with Gasteiger partial charge in [0, 0.05) is 6.42 Å². The van der Waals surface area contributed by atoms with Gasteiger partial charge in [-0.15, -0.1) is 0 Å². The lowest BCUT2D eigenvalue weighted by Gasteiger charge is -2.23. The summed E-state index contributed by atoms with van der Waals surface area (Å²) in [6.45, 7) is 4.44. The largest absolute Gasteiger partial charge is 0.481 e. The molecule has 0 fully saturated rings. The van der Waals surface area contributed by atoms with Crippen LogP contribution in [0.15, 0.2) is 0 Å². The third-order valence-electron chi connectivity index (χ3n) is 4.03. The summed E-state index contributed by atoms with van der Waals surface area (Å²) in [5, 5.41) is 24.7. The molecular formula is C17H29N5O8. The summed E-state index contributed by atoms with van der Waals surface area (Å²) in [5.41, 5.74) is 10.6. The minimum Gasteiger partial charge on any atom is -0.481 e. The van der Waals surface area contributed by atoms with Crippen LogP contribution in [0.25, 0.3) is 0 Å². The van der Waals surface area contributed by atoms with Crippen LogP contribution in [0.2, 0.25) is 0 Å². The van der Waals surface area contributed by atoms with Crippen molar-refractivity contribution in [2.45, 2.75) is 64.2 Å². The van der Waals surface area contributed by atoms with Crippen molar-refractivity contribution in [2.75, 3.05) is 0 Å². The molecule has 0 aliphatic rings. The van der Waals surface area contributed by atoms with Gasteiger partial charge in [0.1, 0.15) is 18.1 Å². The fourth-order valence-electron chi connectivity index (χ4n) is 2.26. The average Bonchev–Trinajstić information content (AvgIpc) is 2.61. The van der Waals surface area contributed by atoms with E-state index in [1.165, 1.54) is 6.92 Å². The molecule has 0 spiro atoms. The van der Waals surface area contributed by atoms with E-state index in [1.807, 2.05) is 0 Å². The molecule has 170 valence electrons. The highest BCUT2D eigenvalue weighted by molar-refractivity contribution is 5.95. The molecule has 0 bridgehead atoms. The molecule has 0 aliphatic heterocycles. The predicted molar refractivity (Wildman–Crippen MR) is 103 cm³/mol. The molecule has 0 saturated carbocycles. The Hall–Kier alpha value is -3.22. The van der Waals surface area contributed by atoms with Crippen molar-refractivity contribution in [3.05, 3.63) is 0 Å². The lowest BCUT2D eigenvalue weighted by atomic mass is 10.0. The number of amides is 4. The van der Waals surface area contributed by atoms with Gasteiger partial charge in [-0.1, -0.05) is 13.8 Å². The zero-order valence-electron chi connectivity index (χ0n) is 17.0. The lowest BCUT2D eigenvalue weighted by Crippen LogP contribution is -2.57. The van der Waals surface area contributed by atoms with Crippen molar-refractivity contribution in [3.8, 4) is 0 Å². The number of nitrogens with two attached hydrogens (primary N) is 2. The van der Waals surface area contributed by atoms with Crippen LogP contribution in [0.5, 0.6) is 0 Å². The topological polar surface area (TPSA) is 231 Å². The molecule has 0 saturated heterocycles. The summed E-state index contributed by atoms with van der Waals surface area (Å²) in [4.78, 5) is 69.6. The number of rotatable bonds is 13. The van der Waals surface area contributed by atoms with Crippen LogP contribution in [0.1, 0.15) is 40.0 Å². The summed E-state index contributed by atoms with van der Waals surface area (Å²) in [6.07, 6.45) is -1.08.